The summed E-state index contributed by atoms with van der Waals surface area (Å²) < 4.78 is 53.6. The summed E-state index contributed by atoms with van der Waals surface area (Å²) in [5, 5.41) is 2.78. The first kappa shape index (κ1) is 16.4. The fourth-order valence-electron chi connectivity index (χ4n) is 1.59. The molecule has 1 aromatic carbocycles. The molecule has 0 radical (unpaired) electrons. The fraction of sp³-hybridized carbons (Fsp3) is 0.462. The minimum Gasteiger partial charge on any atom is -0.465 e. The molecule has 0 fully saturated rings. The van der Waals surface area contributed by atoms with E-state index in [0.717, 1.165) is 13.2 Å². The summed E-state index contributed by atoms with van der Waals surface area (Å²) >= 11 is 0. The molecule has 1 rings (SSSR count). The molecule has 112 valence electrons. The molecule has 0 bridgehead atoms. The van der Waals surface area contributed by atoms with Gasteiger partial charge in [0.25, 0.3) is 0 Å². The highest BCUT2D eigenvalue weighted by Crippen LogP contribution is 2.20. The van der Waals surface area contributed by atoms with Gasteiger partial charge >= 0.3 is 12.1 Å². The lowest BCUT2D eigenvalue weighted by molar-refractivity contribution is -0.135. The van der Waals surface area contributed by atoms with Gasteiger partial charge in [-0.15, -0.1) is 0 Å². The Morgan fingerprint density at radius 3 is 2.60 bits per heavy atom. The average Bonchev–Trinajstić information content (AvgIpc) is 2.36. The van der Waals surface area contributed by atoms with Gasteiger partial charge in [0.05, 0.1) is 12.7 Å². The summed E-state index contributed by atoms with van der Waals surface area (Å²) in [7, 11) is 1.15. The van der Waals surface area contributed by atoms with Crippen molar-refractivity contribution in [3.63, 3.8) is 0 Å². The first-order valence-corrected chi connectivity index (χ1v) is 5.97. The van der Waals surface area contributed by atoms with Gasteiger partial charge in [-0.3, -0.25) is 0 Å². The predicted octanol–water partition coefficient (Wildman–Crippen LogP) is 3.04. The minimum atomic E-state index is -4.16. The van der Waals surface area contributed by atoms with Crippen LogP contribution in [-0.2, 0) is 11.3 Å². The number of carbonyl (C=O) groups excluding carboxylic acids is 1. The number of halogens is 4. The van der Waals surface area contributed by atoms with Gasteiger partial charge in [0.2, 0.25) is 0 Å². The molecular weight excluding hydrogens is 278 g/mol. The van der Waals surface area contributed by atoms with E-state index in [0.29, 0.717) is 5.56 Å². The molecule has 3 nitrogen and oxygen atoms in total. The van der Waals surface area contributed by atoms with E-state index >= 15 is 0 Å². The van der Waals surface area contributed by atoms with E-state index in [1.54, 1.807) is 0 Å². The van der Waals surface area contributed by atoms with E-state index in [1.165, 1.54) is 12.1 Å². The van der Waals surface area contributed by atoms with Crippen molar-refractivity contribution in [2.75, 3.05) is 13.7 Å². The van der Waals surface area contributed by atoms with Crippen LogP contribution in [0.3, 0.4) is 0 Å². The van der Waals surface area contributed by atoms with Gasteiger partial charge in [-0.05, 0) is 30.7 Å². The number of carbonyl (C=O) groups is 1. The zero-order valence-corrected chi connectivity index (χ0v) is 10.9. The van der Waals surface area contributed by atoms with E-state index < -0.39 is 24.4 Å². The molecule has 0 atom stereocenters. The molecule has 0 amide bonds. The van der Waals surface area contributed by atoms with Gasteiger partial charge < -0.3 is 10.1 Å². The van der Waals surface area contributed by atoms with Crippen molar-refractivity contribution in [3.8, 4) is 0 Å². The van der Waals surface area contributed by atoms with Crippen LogP contribution in [-0.4, -0.2) is 25.8 Å². The number of nitrogens with one attached hydrogen (secondary N) is 1. The lowest BCUT2D eigenvalue weighted by Crippen LogP contribution is -2.18. The molecule has 20 heavy (non-hydrogen) atoms. The largest absolute Gasteiger partial charge is 0.465 e. The smallest absolute Gasteiger partial charge is 0.389 e. The number of ether oxygens (including phenoxy) is 1. The monoisotopic (exact) mass is 293 g/mol. The molecule has 0 aromatic heterocycles. The van der Waals surface area contributed by atoms with Crippen molar-refractivity contribution in [2.45, 2.75) is 25.6 Å². The summed E-state index contributed by atoms with van der Waals surface area (Å²) in [6, 6.07) is 3.96. The number of benzene rings is 1. The Morgan fingerprint density at radius 1 is 1.35 bits per heavy atom. The highest BCUT2D eigenvalue weighted by Gasteiger charge is 2.25. The molecule has 1 N–H and O–H groups in total. The van der Waals surface area contributed by atoms with Crippen molar-refractivity contribution < 1.29 is 27.1 Å². The van der Waals surface area contributed by atoms with Crippen molar-refractivity contribution in [3.05, 3.63) is 35.1 Å². The molecule has 0 unspecified atom stereocenters. The first-order valence-electron chi connectivity index (χ1n) is 5.97. The van der Waals surface area contributed by atoms with E-state index in [2.05, 4.69) is 10.1 Å². The van der Waals surface area contributed by atoms with Crippen LogP contribution >= 0.6 is 0 Å². The number of esters is 1. The summed E-state index contributed by atoms with van der Waals surface area (Å²) in [4.78, 5) is 11.2. The predicted molar refractivity (Wildman–Crippen MR) is 64.7 cm³/mol. The van der Waals surface area contributed by atoms with Crippen molar-refractivity contribution in [1.82, 2.24) is 5.32 Å². The molecule has 0 aliphatic heterocycles. The third-order valence-electron chi connectivity index (χ3n) is 2.58. The molecule has 0 spiro atoms. The van der Waals surface area contributed by atoms with E-state index in [9.17, 15) is 22.4 Å². The quantitative estimate of drug-likeness (QED) is 0.498. The first-order chi connectivity index (χ1) is 9.33. The summed E-state index contributed by atoms with van der Waals surface area (Å²) in [5.41, 5.74) is 0.371. The van der Waals surface area contributed by atoms with Gasteiger partial charge in [-0.1, -0.05) is 6.07 Å². The van der Waals surface area contributed by atoms with Crippen LogP contribution in [0.15, 0.2) is 18.2 Å². The third-order valence-corrected chi connectivity index (χ3v) is 2.58. The second kappa shape index (κ2) is 7.23. The Labute approximate surface area is 113 Å². The van der Waals surface area contributed by atoms with E-state index in [-0.39, 0.29) is 25.1 Å². The minimum absolute atomic E-state index is 0.0355. The lowest BCUT2D eigenvalue weighted by atomic mass is 10.1. The molecule has 0 saturated carbocycles. The molecule has 0 heterocycles. The van der Waals surface area contributed by atoms with Gasteiger partial charge in [0.1, 0.15) is 5.82 Å². The summed E-state index contributed by atoms with van der Waals surface area (Å²) in [6.07, 6.45) is -5.04. The summed E-state index contributed by atoms with van der Waals surface area (Å²) in [5.74, 6) is -1.49. The van der Waals surface area contributed by atoms with Crippen molar-refractivity contribution in [1.29, 1.82) is 0 Å². The number of hydrogen-bond acceptors (Lipinski definition) is 3. The lowest BCUT2D eigenvalue weighted by Gasteiger charge is -2.08. The van der Waals surface area contributed by atoms with Crippen LogP contribution < -0.4 is 5.32 Å². The second-order valence-electron chi connectivity index (χ2n) is 4.20. The SMILES string of the molecule is COC(=O)c1ccc(CNCCCC(F)(F)F)cc1F. The molecule has 0 aliphatic rings. The van der Waals surface area contributed by atoms with Crippen LogP contribution in [0, 0.1) is 5.82 Å². The van der Waals surface area contributed by atoms with Crippen LogP contribution in [0.25, 0.3) is 0 Å². The Hall–Kier alpha value is -1.63. The fourth-order valence-corrected chi connectivity index (χ4v) is 1.59. The standard InChI is InChI=1S/C13H15F4NO2/c1-20-12(19)10-4-3-9(7-11(10)14)8-18-6-2-5-13(15,16)17/h3-4,7,18H,2,5-6,8H2,1H3. The van der Waals surface area contributed by atoms with Gasteiger partial charge in [-0.25, -0.2) is 9.18 Å². The van der Waals surface area contributed by atoms with Gasteiger partial charge in [0, 0.05) is 13.0 Å². The number of alkyl halides is 3. The molecule has 0 saturated heterocycles. The zero-order chi connectivity index (χ0) is 15.2. The summed E-state index contributed by atoms with van der Waals surface area (Å²) in [6.45, 7) is 0.413. The van der Waals surface area contributed by atoms with Crippen LogP contribution in [0.1, 0.15) is 28.8 Å². The topological polar surface area (TPSA) is 38.3 Å². The molecule has 0 aliphatic carbocycles. The number of rotatable bonds is 6. The Morgan fingerprint density at radius 2 is 2.05 bits per heavy atom. The van der Waals surface area contributed by atoms with E-state index in [4.69, 9.17) is 0 Å². The van der Waals surface area contributed by atoms with Gasteiger partial charge in [0.15, 0.2) is 0 Å². The third kappa shape index (κ3) is 5.56. The average molecular weight is 293 g/mol. The molecular formula is C13H15F4NO2. The highest BCUT2D eigenvalue weighted by molar-refractivity contribution is 5.89. The Balaban J connectivity index is 2.42. The maximum Gasteiger partial charge on any atom is 0.389 e. The molecule has 1 aromatic rings. The maximum atomic E-state index is 13.5. The van der Waals surface area contributed by atoms with Crippen molar-refractivity contribution >= 4 is 5.97 Å². The van der Waals surface area contributed by atoms with Crippen LogP contribution in [0.4, 0.5) is 17.6 Å². The number of hydrogen-bond donors (Lipinski definition) is 1. The van der Waals surface area contributed by atoms with Gasteiger partial charge in [-0.2, -0.15) is 13.2 Å². The second-order valence-corrected chi connectivity index (χ2v) is 4.20. The van der Waals surface area contributed by atoms with Crippen LogP contribution in [0.2, 0.25) is 0 Å². The number of methoxy groups -OCH3 is 1. The highest BCUT2D eigenvalue weighted by atomic mass is 19.4. The van der Waals surface area contributed by atoms with Crippen molar-refractivity contribution in [2.24, 2.45) is 0 Å². The normalized spacial score (nSPS) is 11.4. The van der Waals surface area contributed by atoms with E-state index in [1.807, 2.05) is 0 Å². The Bertz CT molecular complexity index is 460. The maximum absolute atomic E-state index is 13.5. The Kier molecular flexibility index (Phi) is 5.94. The van der Waals surface area contributed by atoms with Crippen LogP contribution in [0.5, 0.6) is 0 Å². The molecule has 7 heteroatoms. The zero-order valence-electron chi connectivity index (χ0n) is 10.9.